The first-order valence-electron chi connectivity index (χ1n) is 8.85. The molecule has 6 nitrogen and oxygen atoms in total. The van der Waals surface area contributed by atoms with E-state index in [1.54, 1.807) is 43.3 Å². The lowest BCUT2D eigenvalue weighted by Gasteiger charge is -2.23. The molecule has 0 aliphatic heterocycles. The molecule has 0 heterocycles. The third-order valence-electron chi connectivity index (χ3n) is 3.93. The summed E-state index contributed by atoms with van der Waals surface area (Å²) in [6.45, 7) is 5.16. The summed E-state index contributed by atoms with van der Waals surface area (Å²) in [4.78, 5) is 12.4. The summed E-state index contributed by atoms with van der Waals surface area (Å²) in [5.41, 5.74) is 1.08. The van der Waals surface area contributed by atoms with Crippen molar-refractivity contribution in [2.45, 2.75) is 32.9 Å². The number of nitrogens with zero attached hydrogens (tertiary/aromatic N) is 1. The summed E-state index contributed by atoms with van der Waals surface area (Å²) in [5.74, 6) is -0.221. The summed E-state index contributed by atoms with van der Waals surface area (Å²) < 4.78 is 44.0. The molecule has 2 aromatic rings. The quantitative estimate of drug-likeness (QED) is 0.728. The predicted molar refractivity (Wildman–Crippen MR) is 107 cm³/mol. The molecule has 1 N–H and O–H groups in total. The Bertz CT molecular complexity index is 897. The molecule has 2 rings (SSSR count). The summed E-state index contributed by atoms with van der Waals surface area (Å²) in [7, 11) is -3.67. The highest BCUT2D eigenvalue weighted by molar-refractivity contribution is 7.92. The molecule has 0 saturated carbocycles. The highest BCUT2D eigenvalue weighted by Crippen LogP contribution is 2.22. The van der Waals surface area contributed by atoms with Gasteiger partial charge in [0.1, 0.15) is 18.1 Å². The minimum atomic E-state index is -3.67. The van der Waals surface area contributed by atoms with Crippen LogP contribution < -0.4 is 14.4 Å². The average molecular weight is 408 g/mol. The van der Waals surface area contributed by atoms with Gasteiger partial charge in [0.25, 0.3) is 0 Å². The Labute approximate surface area is 165 Å². The zero-order chi connectivity index (χ0) is 20.9. The Balaban J connectivity index is 2.11. The van der Waals surface area contributed by atoms with Crippen LogP contribution in [0, 0.1) is 5.82 Å². The standard InChI is InChI=1S/C20H25FN2O4S/c1-14(2)27-19-11-9-18(10-12-19)23(28(4,25)26)13-20(24)22-15(3)16-5-7-17(21)8-6-16/h5-12,14-15H,13H2,1-4H3,(H,22,24). The third kappa shape index (κ3) is 6.23. The number of anilines is 1. The number of carbonyl (C=O) groups is 1. The van der Waals surface area contributed by atoms with Crippen LogP contribution >= 0.6 is 0 Å². The van der Waals surface area contributed by atoms with Gasteiger partial charge in [0.15, 0.2) is 0 Å². The van der Waals surface area contributed by atoms with Gasteiger partial charge in [0.2, 0.25) is 15.9 Å². The van der Waals surface area contributed by atoms with Crippen LogP contribution in [0.25, 0.3) is 0 Å². The fraction of sp³-hybridized carbons (Fsp3) is 0.350. The van der Waals surface area contributed by atoms with E-state index in [1.165, 1.54) is 12.1 Å². The van der Waals surface area contributed by atoms with Crippen molar-refractivity contribution >= 4 is 21.6 Å². The lowest BCUT2D eigenvalue weighted by molar-refractivity contribution is -0.120. The highest BCUT2D eigenvalue weighted by atomic mass is 32.2. The minimum Gasteiger partial charge on any atom is -0.491 e. The molecule has 0 aliphatic carbocycles. The Morgan fingerprint density at radius 1 is 1.07 bits per heavy atom. The second-order valence-electron chi connectivity index (χ2n) is 6.77. The van der Waals surface area contributed by atoms with Crippen molar-refractivity contribution in [1.82, 2.24) is 5.32 Å². The van der Waals surface area contributed by atoms with Crippen molar-refractivity contribution in [3.8, 4) is 5.75 Å². The second kappa shape index (κ2) is 9.05. The molecule has 1 atom stereocenters. The first kappa shape index (κ1) is 21.7. The molecule has 0 aromatic heterocycles. The monoisotopic (exact) mass is 408 g/mol. The average Bonchev–Trinajstić information content (AvgIpc) is 2.59. The van der Waals surface area contributed by atoms with E-state index >= 15 is 0 Å². The molecule has 0 saturated heterocycles. The zero-order valence-electron chi connectivity index (χ0n) is 16.3. The summed E-state index contributed by atoms with van der Waals surface area (Å²) >= 11 is 0. The topological polar surface area (TPSA) is 75.7 Å². The van der Waals surface area contributed by atoms with Gasteiger partial charge in [-0.1, -0.05) is 12.1 Å². The van der Waals surface area contributed by atoms with E-state index in [-0.39, 0.29) is 18.5 Å². The van der Waals surface area contributed by atoms with Gasteiger partial charge < -0.3 is 10.1 Å². The van der Waals surface area contributed by atoms with Crippen LogP contribution in [0.4, 0.5) is 10.1 Å². The number of carbonyl (C=O) groups excluding carboxylic acids is 1. The predicted octanol–water partition coefficient (Wildman–Crippen LogP) is 3.26. The zero-order valence-corrected chi connectivity index (χ0v) is 17.2. The molecule has 1 unspecified atom stereocenters. The highest BCUT2D eigenvalue weighted by Gasteiger charge is 2.22. The lowest BCUT2D eigenvalue weighted by atomic mass is 10.1. The number of hydrogen-bond acceptors (Lipinski definition) is 4. The van der Waals surface area contributed by atoms with Gasteiger partial charge in [0, 0.05) is 0 Å². The summed E-state index contributed by atoms with van der Waals surface area (Å²) in [6.07, 6.45) is 1.04. The molecule has 0 spiro atoms. The van der Waals surface area contributed by atoms with Crippen LogP contribution in [0.1, 0.15) is 32.4 Å². The van der Waals surface area contributed by atoms with Gasteiger partial charge in [-0.05, 0) is 62.7 Å². The molecule has 2 aromatic carbocycles. The van der Waals surface area contributed by atoms with E-state index < -0.39 is 22.0 Å². The van der Waals surface area contributed by atoms with E-state index in [9.17, 15) is 17.6 Å². The van der Waals surface area contributed by atoms with E-state index in [1.807, 2.05) is 13.8 Å². The minimum absolute atomic E-state index is 0.00409. The van der Waals surface area contributed by atoms with Crippen molar-refractivity contribution in [2.75, 3.05) is 17.1 Å². The van der Waals surface area contributed by atoms with Crippen molar-refractivity contribution < 1.29 is 22.3 Å². The van der Waals surface area contributed by atoms with Gasteiger partial charge >= 0.3 is 0 Å². The van der Waals surface area contributed by atoms with E-state index in [4.69, 9.17) is 4.74 Å². The van der Waals surface area contributed by atoms with E-state index in [0.29, 0.717) is 11.4 Å². The molecular weight excluding hydrogens is 383 g/mol. The normalized spacial score (nSPS) is 12.5. The Morgan fingerprint density at radius 3 is 2.14 bits per heavy atom. The Kier molecular flexibility index (Phi) is 7.01. The van der Waals surface area contributed by atoms with Crippen molar-refractivity contribution in [2.24, 2.45) is 0 Å². The van der Waals surface area contributed by atoms with Crippen LogP contribution in [0.15, 0.2) is 48.5 Å². The van der Waals surface area contributed by atoms with Gasteiger partial charge in [-0.15, -0.1) is 0 Å². The number of sulfonamides is 1. The number of benzene rings is 2. The Hall–Kier alpha value is -2.61. The maximum absolute atomic E-state index is 13.0. The van der Waals surface area contributed by atoms with E-state index in [0.717, 1.165) is 16.1 Å². The summed E-state index contributed by atoms with van der Waals surface area (Å²) in [5, 5.41) is 2.73. The smallest absolute Gasteiger partial charge is 0.241 e. The third-order valence-corrected chi connectivity index (χ3v) is 5.07. The molecule has 1 amide bonds. The van der Waals surface area contributed by atoms with Gasteiger partial charge in [-0.2, -0.15) is 0 Å². The van der Waals surface area contributed by atoms with E-state index in [2.05, 4.69) is 5.32 Å². The molecule has 28 heavy (non-hydrogen) atoms. The maximum Gasteiger partial charge on any atom is 0.241 e. The molecule has 0 bridgehead atoms. The first-order chi connectivity index (χ1) is 13.1. The van der Waals surface area contributed by atoms with Gasteiger partial charge in [-0.3, -0.25) is 9.10 Å². The lowest BCUT2D eigenvalue weighted by Crippen LogP contribution is -2.41. The number of nitrogens with one attached hydrogen (secondary N) is 1. The maximum atomic E-state index is 13.0. The number of hydrogen-bond donors (Lipinski definition) is 1. The molecular formula is C20H25FN2O4S. The molecule has 0 aliphatic rings. The van der Waals surface area contributed by atoms with Crippen molar-refractivity contribution in [3.05, 3.63) is 59.9 Å². The van der Waals surface area contributed by atoms with Crippen LogP contribution in [-0.2, 0) is 14.8 Å². The number of halogens is 1. The fourth-order valence-electron chi connectivity index (χ4n) is 2.62. The first-order valence-corrected chi connectivity index (χ1v) is 10.7. The van der Waals surface area contributed by atoms with Crippen molar-refractivity contribution in [3.63, 3.8) is 0 Å². The molecule has 8 heteroatoms. The molecule has 0 radical (unpaired) electrons. The second-order valence-corrected chi connectivity index (χ2v) is 8.68. The number of rotatable bonds is 8. The largest absolute Gasteiger partial charge is 0.491 e. The fourth-order valence-corrected chi connectivity index (χ4v) is 3.47. The Morgan fingerprint density at radius 2 is 1.64 bits per heavy atom. The molecule has 152 valence electrons. The number of amides is 1. The van der Waals surface area contributed by atoms with Crippen LogP contribution in [0.5, 0.6) is 5.75 Å². The van der Waals surface area contributed by atoms with Crippen molar-refractivity contribution in [1.29, 1.82) is 0 Å². The van der Waals surface area contributed by atoms with Gasteiger partial charge in [-0.25, -0.2) is 12.8 Å². The van der Waals surface area contributed by atoms with Crippen LogP contribution in [0.2, 0.25) is 0 Å². The summed E-state index contributed by atoms with van der Waals surface area (Å²) in [6, 6.07) is 11.9. The SMILES string of the molecule is CC(C)Oc1ccc(N(CC(=O)NC(C)c2ccc(F)cc2)S(C)(=O)=O)cc1. The van der Waals surface area contributed by atoms with Crippen LogP contribution in [-0.4, -0.2) is 33.2 Å². The van der Waals surface area contributed by atoms with Crippen LogP contribution in [0.3, 0.4) is 0 Å². The van der Waals surface area contributed by atoms with Gasteiger partial charge in [0.05, 0.1) is 24.1 Å². The molecule has 0 fully saturated rings. The number of ether oxygens (including phenoxy) is 1.